The molecule has 2 heterocycles. The number of imidazole rings is 1. The van der Waals surface area contributed by atoms with Crippen molar-refractivity contribution in [2.24, 2.45) is 0 Å². The largest absolute Gasteiger partial charge is 0.479 e. The normalized spacial score (nSPS) is 10.5. The number of aromatic amines is 1. The van der Waals surface area contributed by atoms with Gasteiger partial charge in [0.15, 0.2) is 5.65 Å². The zero-order valence-corrected chi connectivity index (χ0v) is 8.27. The molecule has 0 bridgehead atoms. The Hall–Kier alpha value is -1.85. The number of nitrogens with one attached hydrogen (secondary N) is 1. The molecule has 0 fully saturated rings. The van der Waals surface area contributed by atoms with Gasteiger partial charge in [-0.15, -0.1) is 0 Å². The number of rotatable bonds is 2. The number of anilines is 1. The molecule has 2 aromatic rings. The first-order valence-electron chi connectivity index (χ1n) is 4.15. The lowest BCUT2D eigenvalue weighted by molar-refractivity contribution is 0.402. The molecule has 0 saturated heterocycles. The highest BCUT2D eigenvalue weighted by molar-refractivity contribution is 5.76. The van der Waals surface area contributed by atoms with Crippen LogP contribution in [0.4, 0.5) is 5.95 Å². The van der Waals surface area contributed by atoms with Crippen LogP contribution in [0.3, 0.4) is 0 Å². The Bertz CT molecular complexity index is 450. The molecule has 0 aliphatic rings. The van der Waals surface area contributed by atoms with Gasteiger partial charge in [0.25, 0.3) is 0 Å². The average Bonchev–Trinajstić information content (AvgIpc) is 2.63. The Morgan fingerprint density at radius 2 is 2.14 bits per heavy atom. The van der Waals surface area contributed by atoms with E-state index in [2.05, 4.69) is 19.9 Å². The molecule has 0 aromatic carbocycles. The van der Waals surface area contributed by atoms with Gasteiger partial charge in [0.2, 0.25) is 11.8 Å². The van der Waals surface area contributed by atoms with Crippen molar-refractivity contribution in [1.82, 2.24) is 19.9 Å². The summed E-state index contributed by atoms with van der Waals surface area (Å²) in [6.07, 6.45) is 1.57. The summed E-state index contributed by atoms with van der Waals surface area (Å²) in [5, 5.41) is 0. The quantitative estimate of drug-likeness (QED) is 0.749. The lowest BCUT2D eigenvalue weighted by atomic mass is 10.5. The van der Waals surface area contributed by atoms with E-state index < -0.39 is 0 Å². The molecule has 0 saturated carbocycles. The Balaban J connectivity index is 2.67. The van der Waals surface area contributed by atoms with Crippen molar-refractivity contribution in [2.45, 2.75) is 0 Å². The molecule has 0 radical (unpaired) electrons. The van der Waals surface area contributed by atoms with Crippen LogP contribution < -0.4 is 9.64 Å². The summed E-state index contributed by atoms with van der Waals surface area (Å²) in [5.74, 6) is 1.10. The molecule has 0 spiro atoms. The first-order chi connectivity index (χ1) is 6.72. The highest BCUT2D eigenvalue weighted by Crippen LogP contribution is 2.20. The van der Waals surface area contributed by atoms with Gasteiger partial charge in [0, 0.05) is 14.1 Å². The third-order valence-corrected chi connectivity index (χ3v) is 1.83. The molecule has 2 aromatic heterocycles. The van der Waals surface area contributed by atoms with Crippen molar-refractivity contribution in [3.8, 4) is 5.88 Å². The van der Waals surface area contributed by atoms with Gasteiger partial charge in [-0.25, -0.2) is 4.98 Å². The second-order valence-electron chi connectivity index (χ2n) is 3.03. The van der Waals surface area contributed by atoms with Gasteiger partial charge in [0.1, 0.15) is 5.52 Å². The van der Waals surface area contributed by atoms with E-state index >= 15 is 0 Å². The third kappa shape index (κ3) is 1.24. The van der Waals surface area contributed by atoms with Crippen molar-refractivity contribution in [1.29, 1.82) is 0 Å². The van der Waals surface area contributed by atoms with Crippen molar-refractivity contribution in [3.63, 3.8) is 0 Å². The monoisotopic (exact) mass is 193 g/mol. The minimum atomic E-state index is 0.510. The van der Waals surface area contributed by atoms with Crippen LogP contribution in [0.25, 0.3) is 11.2 Å². The van der Waals surface area contributed by atoms with E-state index in [4.69, 9.17) is 4.74 Å². The molecule has 74 valence electrons. The van der Waals surface area contributed by atoms with Crippen LogP contribution in [0, 0.1) is 0 Å². The summed E-state index contributed by atoms with van der Waals surface area (Å²) in [6, 6.07) is 0. The van der Waals surface area contributed by atoms with Crippen LogP contribution >= 0.6 is 0 Å². The van der Waals surface area contributed by atoms with Crippen molar-refractivity contribution >= 4 is 17.1 Å². The van der Waals surface area contributed by atoms with E-state index in [0.717, 1.165) is 5.52 Å². The van der Waals surface area contributed by atoms with Crippen LogP contribution in [0.5, 0.6) is 5.88 Å². The van der Waals surface area contributed by atoms with Gasteiger partial charge in [0.05, 0.1) is 13.4 Å². The molecule has 1 N–H and O–H groups in total. The molecular weight excluding hydrogens is 182 g/mol. The van der Waals surface area contributed by atoms with Crippen LogP contribution in [0.15, 0.2) is 6.33 Å². The second-order valence-corrected chi connectivity index (χ2v) is 3.03. The lowest BCUT2D eigenvalue weighted by Gasteiger charge is -2.10. The minimum Gasteiger partial charge on any atom is -0.479 e. The van der Waals surface area contributed by atoms with E-state index in [9.17, 15) is 0 Å². The zero-order chi connectivity index (χ0) is 10.1. The molecule has 6 nitrogen and oxygen atoms in total. The summed E-state index contributed by atoms with van der Waals surface area (Å²) in [6.45, 7) is 0. The molecule has 0 aliphatic carbocycles. The molecule has 0 aliphatic heterocycles. The fourth-order valence-corrected chi connectivity index (χ4v) is 1.14. The Kier molecular flexibility index (Phi) is 1.95. The van der Waals surface area contributed by atoms with Gasteiger partial charge in [-0.3, -0.25) is 0 Å². The number of hydrogen-bond acceptors (Lipinski definition) is 5. The molecule has 2 rings (SSSR count). The number of aromatic nitrogens is 4. The minimum absolute atomic E-state index is 0.510. The number of hydrogen-bond donors (Lipinski definition) is 1. The van der Waals surface area contributed by atoms with Crippen LogP contribution in [-0.4, -0.2) is 41.1 Å². The molecule has 0 unspecified atom stereocenters. The van der Waals surface area contributed by atoms with E-state index in [1.807, 2.05) is 14.1 Å². The molecular formula is C8H11N5O. The molecule has 0 amide bonds. The summed E-state index contributed by atoms with van der Waals surface area (Å²) in [4.78, 5) is 17.2. The maximum absolute atomic E-state index is 5.13. The van der Waals surface area contributed by atoms with E-state index in [1.165, 1.54) is 0 Å². The maximum atomic E-state index is 5.13. The van der Waals surface area contributed by atoms with E-state index in [0.29, 0.717) is 17.5 Å². The molecule has 14 heavy (non-hydrogen) atoms. The van der Waals surface area contributed by atoms with Crippen molar-refractivity contribution in [2.75, 3.05) is 26.1 Å². The highest BCUT2D eigenvalue weighted by Gasteiger charge is 2.10. The summed E-state index contributed by atoms with van der Waals surface area (Å²) in [5.41, 5.74) is 1.33. The van der Waals surface area contributed by atoms with Crippen molar-refractivity contribution in [3.05, 3.63) is 6.33 Å². The van der Waals surface area contributed by atoms with Crippen LogP contribution in [-0.2, 0) is 0 Å². The SMILES string of the molecule is COc1nc(N(C)C)nc2nc[nH]c12. The van der Waals surface area contributed by atoms with Crippen LogP contribution in [0.1, 0.15) is 0 Å². The smallest absolute Gasteiger partial charge is 0.244 e. The number of fused-ring (bicyclic) bond motifs is 1. The maximum Gasteiger partial charge on any atom is 0.244 e. The Morgan fingerprint density at radius 1 is 1.36 bits per heavy atom. The van der Waals surface area contributed by atoms with Gasteiger partial charge in [-0.1, -0.05) is 0 Å². The van der Waals surface area contributed by atoms with Gasteiger partial charge in [-0.05, 0) is 0 Å². The van der Waals surface area contributed by atoms with Gasteiger partial charge >= 0.3 is 0 Å². The topological polar surface area (TPSA) is 66.9 Å². The predicted octanol–water partition coefficient (Wildman–Crippen LogP) is 0.427. The van der Waals surface area contributed by atoms with Crippen LogP contribution in [0.2, 0.25) is 0 Å². The number of nitrogens with zero attached hydrogens (tertiary/aromatic N) is 4. The summed E-state index contributed by atoms with van der Waals surface area (Å²) in [7, 11) is 5.31. The fourth-order valence-electron chi connectivity index (χ4n) is 1.14. The number of H-pyrrole nitrogens is 1. The van der Waals surface area contributed by atoms with E-state index in [-0.39, 0.29) is 0 Å². The predicted molar refractivity (Wildman–Crippen MR) is 52.6 cm³/mol. The number of methoxy groups -OCH3 is 1. The molecule has 0 atom stereocenters. The van der Waals surface area contributed by atoms with E-state index in [1.54, 1.807) is 18.3 Å². The first-order valence-corrected chi connectivity index (χ1v) is 4.15. The standard InChI is InChI=1S/C8H11N5O/c1-13(2)8-11-6-5(9-4-10-6)7(12-8)14-3/h4H,1-3H3,(H,9,10,11,12). The van der Waals surface area contributed by atoms with Gasteiger partial charge < -0.3 is 14.6 Å². The zero-order valence-electron chi connectivity index (χ0n) is 8.27. The third-order valence-electron chi connectivity index (χ3n) is 1.83. The fraction of sp³-hybridized carbons (Fsp3) is 0.375. The first kappa shape index (κ1) is 8.74. The van der Waals surface area contributed by atoms with Gasteiger partial charge in [-0.2, -0.15) is 9.97 Å². The number of ether oxygens (including phenoxy) is 1. The Morgan fingerprint density at radius 3 is 2.79 bits per heavy atom. The summed E-state index contributed by atoms with van der Waals surface area (Å²) < 4.78 is 5.13. The molecule has 6 heteroatoms. The average molecular weight is 193 g/mol. The lowest BCUT2D eigenvalue weighted by Crippen LogP contribution is -2.13. The second kappa shape index (κ2) is 3.13. The highest BCUT2D eigenvalue weighted by atomic mass is 16.5. The summed E-state index contributed by atoms with van der Waals surface area (Å²) >= 11 is 0. The van der Waals surface area contributed by atoms with Crippen molar-refractivity contribution < 1.29 is 4.74 Å². The Labute approximate surface area is 80.9 Å².